The zero-order chi connectivity index (χ0) is 25.1. The number of aliphatic carboxylic acids is 3. The fraction of sp³-hybridized carbons (Fsp3) is 0.700. The molecule has 0 aromatic carbocycles. The van der Waals surface area contributed by atoms with E-state index < -0.39 is 73.2 Å². The number of carbonyl (C=O) groups is 6. The van der Waals surface area contributed by atoms with Gasteiger partial charge < -0.3 is 36.6 Å². The molecule has 0 saturated carbocycles. The number of nitrogens with one attached hydrogen (secondary N) is 4. The van der Waals surface area contributed by atoms with Crippen molar-refractivity contribution in [1.82, 2.24) is 21.3 Å². The number of carboxylic acid groups (broad SMARTS) is 3. The van der Waals surface area contributed by atoms with Gasteiger partial charge in [0.2, 0.25) is 17.7 Å². The molecule has 4 unspecified atom stereocenters. The Balaban J connectivity index is 2.92. The standard InChI is InChI=1S/C20H32N4O9/c1-10(2)8-13(23-17(29)11-4-3-7-21-11)18(30)24-14(9-16(27)28)19(31)22-12(20(32)33)5-6-15(25)26/h10-14,21H,3-9H2,1-2H3,(H,22,31)(H,23,29)(H,24,30)(H,25,26)(H,27,28)(H,32,33). The van der Waals surface area contributed by atoms with Gasteiger partial charge in [0.1, 0.15) is 18.1 Å². The molecule has 0 bridgehead atoms. The van der Waals surface area contributed by atoms with Crippen LogP contribution in [0, 0.1) is 5.92 Å². The van der Waals surface area contributed by atoms with Crippen molar-refractivity contribution in [3.63, 3.8) is 0 Å². The van der Waals surface area contributed by atoms with Gasteiger partial charge in [-0.15, -0.1) is 0 Å². The van der Waals surface area contributed by atoms with E-state index in [9.17, 15) is 33.9 Å². The van der Waals surface area contributed by atoms with Crippen LogP contribution < -0.4 is 21.3 Å². The Morgan fingerprint density at radius 3 is 1.97 bits per heavy atom. The highest BCUT2D eigenvalue weighted by Gasteiger charge is 2.32. The van der Waals surface area contributed by atoms with E-state index in [1.807, 2.05) is 13.8 Å². The molecule has 186 valence electrons. The summed E-state index contributed by atoms with van der Waals surface area (Å²) in [6.07, 6.45) is -0.154. The van der Waals surface area contributed by atoms with Crippen LogP contribution in [0.3, 0.4) is 0 Å². The number of carbonyl (C=O) groups excluding carboxylic acids is 3. The first-order valence-electron chi connectivity index (χ1n) is 10.7. The summed E-state index contributed by atoms with van der Waals surface area (Å²) < 4.78 is 0. The normalized spacial score (nSPS) is 18.1. The summed E-state index contributed by atoms with van der Waals surface area (Å²) in [7, 11) is 0. The van der Waals surface area contributed by atoms with Gasteiger partial charge in [-0.3, -0.25) is 24.0 Å². The quantitative estimate of drug-likeness (QED) is 0.158. The monoisotopic (exact) mass is 472 g/mol. The van der Waals surface area contributed by atoms with Crippen LogP contribution in [0.15, 0.2) is 0 Å². The third-order valence-corrected chi connectivity index (χ3v) is 4.99. The third-order valence-electron chi connectivity index (χ3n) is 4.99. The van der Waals surface area contributed by atoms with E-state index >= 15 is 0 Å². The maximum Gasteiger partial charge on any atom is 0.326 e. The lowest BCUT2D eigenvalue weighted by Crippen LogP contribution is -2.57. The van der Waals surface area contributed by atoms with Gasteiger partial charge in [-0.05, 0) is 38.1 Å². The molecule has 1 saturated heterocycles. The van der Waals surface area contributed by atoms with Crippen molar-refractivity contribution in [3.05, 3.63) is 0 Å². The van der Waals surface area contributed by atoms with E-state index in [1.165, 1.54) is 0 Å². The Hall–Kier alpha value is -3.22. The Morgan fingerprint density at radius 2 is 1.48 bits per heavy atom. The van der Waals surface area contributed by atoms with E-state index in [1.54, 1.807) is 0 Å². The van der Waals surface area contributed by atoms with Crippen molar-refractivity contribution < 1.29 is 44.1 Å². The van der Waals surface area contributed by atoms with Gasteiger partial charge in [-0.1, -0.05) is 13.8 Å². The molecule has 4 atom stereocenters. The molecule has 33 heavy (non-hydrogen) atoms. The third kappa shape index (κ3) is 10.3. The zero-order valence-electron chi connectivity index (χ0n) is 18.6. The van der Waals surface area contributed by atoms with Crippen molar-refractivity contribution in [2.24, 2.45) is 5.92 Å². The molecule has 3 amide bonds. The molecule has 1 fully saturated rings. The average Bonchev–Trinajstić information content (AvgIpc) is 3.23. The van der Waals surface area contributed by atoms with Gasteiger partial charge in [-0.25, -0.2) is 4.79 Å². The van der Waals surface area contributed by atoms with Gasteiger partial charge in [0.15, 0.2) is 0 Å². The predicted molar refractivity (Wildman–Crippen MR) is 113 cm³/mol. The highest BCUT2D eigenvalue weighted by Crippen LogP contribution is 2.10. The van der Waals surface area contributed by atoms with Crippen LogP contribution >= 0.6 is 0 Å². The van der Waals surface area contributed by atoms with Gasteiger partial charge in [0, 0.05) is 6.42 Å². The maximum atomic E-state index is 12.8. The second-order valence-corrected chi connectivity index (χ2v) is 8.33. The van der Waals surface area contributed by atoms with Crippen LogP contribution in [-0.4, -0.2) is 81.7 Å². The predicted octanol–water partition coefficient (Wildman–Crippen LogP) is -1.34. The highest BCUT2D eigenvalue weighted by molar-refractivity contribution is 5.95. The molecule has 0 aromatic rings. The molecule has 1 rings (SSSR count). The van der Waals surface area contributed by atoms with Gasteiger partial charge in [0.05, 0.1) is 12.5 Å². The minimum atomic E-state index is -1.63. The second kappa shape index (κ2) is 13.4. The second-order valence-electron chi connectivity index (χ2n) is 8.33. The summed E-state index contributed by atoms with van der Waals surface area (Å²) >= 11 is 0. The summed E-state index contributed by atoms with van der Waals surface area (Å²) in [6, 6.07) is -4.69. The first kappa shape index (κ1) is 27.8. The molecule has 1 aliphatic rings. The van der Waals surface area contributed by atoms with Crippen molar-refractivity contribution in [2.75, 3.05) is 6.54 Å². The average molecular weight is 472 g/mol. The SMILES string of the molecule is CC(C)CC(NC(=O)C1CCCN1)C(=O)NC(CC(=O)O)C(=O)NC(CCC(=O)O)C(=O)O. The van der Waals surface area contributed by atoms with Crippen LogP contribution in [0.1, 0.15) is 52.4 Å². The van der Waals surface area contributed by atoms with E-state index in [-0.39, 0.29) is 18.2 Å². The van der Waals surface area contributed by atoms with Crippen molar-refractivity contribution in [3.8, 4) is 0 Å². The van der Waals surface area contributed by atoms with Crippen molar-refractivity contribution in [2.45, 2.75) is 76.5 Å². The highest BCUT2D eigenvalue weighted by atomic mass is 16.4. The summed E-state index contributed by atoms with van der Waals surface area (Å²) in [6.45, 7) is 4.32. The van der Waals surface area contributed by atoms with Crippen molar-refractivity contribution >= 4 is 35.6 Å². The summed E-state index contributed by atoms with van der Waals surface area (Å²) in [4.78, 5) is 71.1. The maximum absolute atomic E-state index is 12.8. The van der Waals surface area contributed by atoms with Crippen molar-refractivity contribution in [1.29, 1.82) is 0 Å². The number of hydrogen-bond acceptors (Lipinski definition) is 7. The van der Waals surface area contributed by atoms with Gasteiger partial charge in [-0.2, -0.15) is 0 Å². The molecule has 13 nitrogen and oxygen atoms in total. The zero-order valence-corrected chi connectivity index (χ0v) is 18.6. The van der Waals surface area contributed by atoms with Gasteiger partial charge in [0.25, 0.3) is 0 Å². The fourth-order valence-electron chi connectivity index (χ4n) is 3.34. The smallest absolute Gasteiger partial charge is 0.326 e. The lowest BCUT2D eigenvalue weighted by atomic mass is 10.0. The summed E-state index contributed by atoms with van der Waals surface area (Å²) in [5.41, 5.74) is 0. The molecular formula is C20H32N4O9. The Labute approximate surface area is 190 Å². The first-order chi connectivity index (χ1) is 15.4. The molecule has 0 spiro atoms. The van der Waals surface area contributed by atoms with Crippen LogP contribution in [-0.2, 0) is 28.8 Å². The minimum Gasteiger partial charge on any atom is -0.481 e. The number of hydrogen-bond donors (Lipinski definition) is 7. The van der Waals surface area contributed by atoms with Crippen LogP contribution in [0.5, 0.6) is 0 Å². The summed E-state index contributed by atoms with van der Waals surface area (Å²) in [5, 5.41) is 37.1. The molecule has 13 heteroatoms. The van der Waals surface area contributed by atoms with E-state index in [2.05, 4.69) is 21.3 Å². The number of carboxylic acids is 3. The van der Waals surface area contributed by atoms with Crippen LogP contribution in [0.25, 0.3) is 0 Å². The molecule has 0 aliphatic carbocycles. The Bertz CT molecular complexity index is 750. The molecular weight excluding hydrogens is 440 g/mol. The van der Waals surface area contributed by atoms with E-state index in [4.69, 9.17) is 10.2 Å². The van der Waals surface area contributed by atoms with Crippen LogP contribution in [0.4, 0.5) is 0 Å². The summed E-state index contributed by atoms with van der Waals surface area (Å²) in [5.74, 6) is -6.46. The Kier molecular flexibility index (Phi) is 11.3. The topological polar surface area (TPSA) is 211 Å². The number of amides is 3. The Morgan fingerprint density at radius 1 is 0.879 bits per heavy atom. The molecule has 7 N–H and O–H groups in total. The van der Waals surface area contributed by atoms with E-state index in [0.29, 0.717) is 13.0 Å². The minimum absolute atomic E-state index is 0.0169. The van der Waals surface area contributed by atoms with Gasteiger partial charge >= 0.3 is 17.9 Å². The van der Waals surface area contributed by atoms with Crippen LogP contribution in [0.2, 0.25) is 0 Å². The fourth-order valence-corrected chi connectivity index (χ4v) is 3.34. The lowest BCUT2D eigenvalue weighted by molar-refractivity contribution is -0.144. The first-order valence-corrected chi connectivity index (χ1v) is 10.7. The molecule has 0 aromatic heterocycles. The largest absolute Gasteiger partial charge is 0.481 e. The number of rotatable bonds is 14. The molecule has 1 heterocycles. The lowest BCUT2D eigenvalue weighted by Gasteiger charge is -2.25. The molecule has 1 aliphatic heterocycles. The molecule has 0 radical (unpaired) electrons. The van der Waals surface area contributed by atoms with E-state index in [0.717, 1.165) is 6.42 Å².